The van der Waals surface area contributed by atoms with Gasteiger partial charge in [-0.15, -0.1) is 0 Å². The summed E-state index contributed by atoms with van der Waals surface area (Å²) in [4.78, 5) is 4.25. The number of imidazole rings is 1. The van der Waals surface area contributed by atoms with Crippen LogP contribution in [0.25, 0.3) is 0 Å². The number of hydrogen-bond donors (Lipinski definition) is 1. The molecule has 0 saturated carbocycles. The van der Waals surface area contributed by atoms with Crippen LogP contribution in [0.15, 0.2) is 55.1 Å². The highest BCUT2D eigenvalue weighted by Gasteiger charge is 2.04. The van der Waals surface area contributed by atoms with Crippen LogP contribution in [-0.2, 0) is 26.7 Å². The van der Waals surface area contributed by atoms with E-state index in [-0.39, 0.29) is 0 Å². The highest BCUT2D eigenvalue weighted by molar-refractivity contribution is 5.27. The molecule has 126 valence electrons. The highest BCUT2D eigenvalue weighted by atomic mass is 16.5. The first-order valence-electron chi connectivity index (χ1n) is 8.09. The third-order valence-corrected chi connectivity index (χ3v) is 3.89. The molecule has 1 N–H and O–H groups in total. The summed E-state index contributed by atoms with van der Waals surface area (Å²) in [7, 11) is 1.96. The van der Waals surface area contributed by atoms with Crippen molar-refractivity contribution in [3.63, 3.8) is 0 Å². The molecule has 3 rings (SSSR count). The molecule has 0 aliphatic heterocycles. The first-order valence-corrected chi connectivity index (χ1v) is 8.09. The van der Waals surface area contributed by atoms with Crippen LogP contribution in [0.3, 0.4) is 0 Å². The Kier molecular flexibility index (Phi) is 5.28. The Hall–Kier alpha value is -2.60. The molecule has 0 aliphatic rings. The molecule has 0 saturated heterocycles. The van der Waals surface area contributed by atoms with Crippen LogP contribution in [-0.4, -0.2) is 25.4 Å². The van der Waals surface area contributed by atoms with Crippen LogP contribution >= 0.6 is 0 Å². The second kappa shape index (κ2) is 7.79. The van der Waals surface area contributed by atoms with Crippen molar-refractivity contribution < 1.29 is 4.74 Å². The molecule has 2 aromatic heterocycles. The number of hydrogen-bond acceptors (Lipinski definition) is 4. The van der Waals surface area contributed by atoms with Gasteiger partial charge in [-0.1, -0.05) is 12.1 Å². The Morgan fingerprint density at radius 2 is 2.00 bits per heavy atom. The van der Waals surface area contributed by atoms with Crippen molar-refractivity contribution in [2.45, 2.75) is 32.7 Å². The summed E-state index contributed by atoms with van der Waals surface area (Å²) in [6, 6.07) is 10.5. The average Bonchev–Trinajstić information content (AvgIpc) is 3.24. The lowest BCUT2D eigenvalue weighted by molar-refractivity contribution is 0.291. The Balaban J connectivity index is 1.45. The molecule has 1 unspecified atom stereocenters. The molecule has 2 heterocycles. The fourth-order valence-corrected chi connectivity index (χ4v) is 2.43. The largest absolute Gasteiger partial charge is 0.486 e. The number of ether oxygens (including phenoxy) is 1. The predicted octanol–water partition coefficient (Wildman–Crippen LogP) is 2.37. The van der Waals surface area contributed by atoms with E-state index in [9.17, 15) is 0 Å². The maximum Gasteiger partial charge on any atom is 0.146 e. The van der Waals surface area contributed by atoms with Crippen molar-refractivity contribution in [3.05, 3.63) is 66.5 Å². The molecular formula is C18H23N5O. The van der Waals surface area contributed by atoms with Crippen molar-refractivity contribution in [2.24, 2.45) is 7.05 Å². The van der Waals surface area contributed by atoms with E-state index in [4.69, 9.17) is 4.74 Å². The van der Waals surface area contributed by atoms with Gasteiger partial charge in [0.1, 0.15) is 18.2 Å². The van der Waals surface area contributed by atoms with Gasteiger partial charge in [-0.3, -0.25) is 4.68 Å². The summed E-state index contributed by atoms with van der Waals surface area (Å²) >= 11 is 0. The van der Waals surface area contributed by atoms with Gasteiger partial charge in [0, 0.05) is 44.4 Å². The lowest BCUT2D eigenvalue weighted by Gasteiger charge is -2.14. The second-order valence-electron chi connectivity index (χ2n) is 5.90. The molecule has 6 nitrogen and oxygen atoms in total. The number of benzene rings is 1. The number of nitrogens with zero attached hydrogens (tertiary/aromatic N) is 4. The first-order chi connectivity index (χ1) is 11.7. The summed E-state index contributed by atoms with van der Waals surface area (Å²) < 4.78 is 9.66. The lowest BCUT2D eigenvalue weighted by atomic mass is 10.2. The van der Waals surface area contributed by atoms with E-state index in [2.05, 4.69) is 34.5 Å². The molecule has 0 fully saturated rings. The number of nitrogens with one attached hydrogen (secondary N) is 1. The van der Waals surface area contributed by atoms with Gasteiger partial charge in [0.25, 0.3) is 0 Å². The maximum atomic E-state index is 5.77. The van der Waals surface area contributed by atoms with Gasteiger partial charge >= 0.3 is 0 Å². The minimum atomic E-state index is 0.351. The average molecular weight is 325 g/mol. The van der Waals surface area contributed by atoms with Crippen LogP contribution in [0.1, 0.15) is 18.3 Å². The van der Waals surface area contributed by atoms with Gasteiger partial charge in [0.15, 0.2) is 0 Å². The van der Waals surface area contributed by atoms with Gasteiger partial charge in [-0.25, -0.2) is 4.98 Å². The summed E-state index contributed by atoms with van der Waals surface area (Å²) in [5.74, 6) is 1.76. The zero-order valence-corrected chi connectivity index (χ0v) is 14.1. The first kappa shape index (κ1) is 16.3. The molecule has 0 amide bonds. The zero-order chi connectivity index (χ0) is 16.8. The van der Waals surface area contributed by atoms with Crippen molar-refractivity contribution in [1.82, 2.24) is 24.6 Å². The van der Waals surface area contributed by atoms with E-state index in [1.807, 2.05) is 46.9 Å². The van der Waals surface area contributed by atoms with E-state index in [1.54, 1.807) is 12.4 Å². The number of aromatic nitrogens is 4. The summed E-state index contributed by atoms with van der Waals surface area (Å²) in [5, 5.41) is 7.73. The van der Waals surface area contributed by atoms with Gasteiger partial charge in [0.05, 0.1) is 6.54 Å². The topological polar surface area (TPSA) is 56.9 Å². The summed E-state index contributed by atoms with van der Waals surface area (Å²) in [6.07, 6.45) is 7.47. The highest BCUT2D eigenvalue weighted by Crippen LogP contribution is 2.14. The minimum absolute atomic E-state index is 0.351. The molecular weight excluding hydrogens is 302 g/mol. The van der Waals surface area contributed by atoms with E-state index in [1.165, 1.54) is 5.56 Å². The SMILES string of the molecule is CC(Cn1cccn1)NCc1ccc(OCc2nccn2C)cc1. The Bertz CT molecular complexity index is 733. The van der Waals surface area contributed by atoms with Gasteiger partial charge in [0.2, 0.25) is 0 Å². The smallest absolute Gasteiger partial charge is 0.146 e. The molecule has 0 bridgehead atoms. The Labute approximate surface area is 142 Å². The molecule has 3 aromatic rings. The minimum Gasteiger partial charge on any atom is -0.486 e. The quantitative estimate of drug-likeness (QED) is 0.691. The van der Waals surface area contributed by atoms with Gasteiger partial charge in [-0.2, -0.15) is 5.10 Å². The third-order valence-electron chi connectivity index (χ3n) is 3.89. The lowest BCUT2D eigenvalue weighted by Crippen LogP contribution is -2.30. The second-order valence-corrected chi connectivity index (χ2v) is 5.90. The van der Waals surface area contributed by atoms with Crippen molar-refractivity contribution in [2.75, 3.05) is 0 Å². The van der Waals surface area contributed by atoms with Crippen LogP contribution in [0, 0.1) is 0 Å². The molecule has 0 spiro atoms. The van der Waals surface area contributed by atoms with E-state index >= 15 is 0 Å². The Morgan fingerprint density at radius 1 is 1.17 bits per heavy atom. The van der Waals surface area contributed by atoms with Crippen LogP contribution in [0.4, 0.5) is 0 Å². The predicted molar refractivity (Wildman–Crippen MR) is 92.5 cm³/mol. The fourth-order valence-electron chi connectivity index (χ4n) is 2.43. The van der Waals surface area contributed by atoms with E-state index in [0.29, 0.717) is 12.6 Å². The van der Waals surface area contributed by atoms with Gasteiger partial charge < -0.3 is 14.6 Å². The number of aryl methyl sites for hydroxylation is 1. The third kappa shape index (κ3) is 4.45. The van der Waals surface area contributed by atoms with Crippen molar-refractivity contribution in [1.29, 1.82) is 0 Å². The normalized spacial score (nSPS) is 12.2. The van der Waals surface area contributed by atoms with Crippen LogP contribution < -0.4 is 10.1 Å². The fraction of sp³-hybridized carbons (Fsp3) is 0.333. The standard InChI is InChI=1S/C18H23N5O/c1-15(13-23-10-3-8-21-23)20-12-16-4-6-17(7-5-16)24-14-18-19-9-11-22(18)2/h3-11,15,20H,12-14H2,1-2H3. The molecule has 1 aromatic carbocycles. The number of rotatable bonds is 8. The Morgan fingerprint density at radius 3 is 2.67 bits per heavy atom. The van der Waals surface area contributed by atoms with E-state index in [0.717, 1.165) is 24.7 Å². The molecule has 0 radical (unpaired) electrons. The van der Waals surface area contributed by atoms with Gasteiger partial charge in [-0.05, 0) is 30.7 Å². The molecule has 24 heavy (non-hydrogen) atoms. The summed E-state index contributed by atoms with van der Waals surface area (Å²) in [6.45, 7) is 4.31. The van der Waals surface area contributed by atoms with Crippen LogP contribution in [0.2, 0.25) is 0 Å². The zero-order valence-electron chi connectivity index (χ0n) is 14.1. The van der Waals surface area contributed by atoms with Crippen molar-refractivity contribution in [3.8, 4) is 5.75 Å². The molecule has 1 atom stereocenters. The monoisotopic (exact) mass is 325 g/mol. The van der Waals surface area contributed by atoms with Crippen LogP contribution in [0.5, 0.6) is 5.75 Å². The molecule has 6 heteroatoms. The van der Waals surface area contributed by atoms with E-state index < -0.39 is 0 Å². The molecule has 0 aliphatic carbocycles. The maximum absolute atomic E-state index is 5.77. The summed E-state index contributed by atoms with van der Waals surface area (Å²) in [5.41, 5.74) is 1.23. The van der Waals surface area contributed by atoms with Crippen molar-refractivity contribution >= 4 is 0 Å².